The van der Waals surface area contributed by atoms with E-state index in [2.05, 4.69) is 10.0 Å². The first kappa shape index (κ1) is 22.3. The van der Waals surface area contributed by atoms with E-state index >= 15 is 0 Å². The number of benzene rings is 3. The van der Waals surface area contributed by atoms with Gasteiger partial charge in [0.2, 0.25) is 0 Å². The number of carbonyl (C=O) groups excluding carboxylic acids is 1. The molecule has 3 aromatic carbocycles. The summed E-state index contributed by atoms with van der Waals surface area (Å²) in [6.45, 7) is 2.19. The van der Waals surface area contributed by atoms with Crippen molar-refractivity contribution in [1.29, 1.82) is 0 Å². The summed E-state index contributed by atoms with van der Waals surface area (Å²) >= 11 is 0. The Morgan fingerprint density at radius 2 is 1.61 bits per heavy atom. The molecule has 2 N–H and O–H groups in total. The number of amides is 1. The summed E-state index contributed by atoms with van der Waals surface area (Å²) < 4.78 is 46.6. The molecule has 0 aromatic heterocycles. The SMILES string of the molecule is CCc1ccc(NS(=O)(=O)c2cc(C(=O)NCc3ccc(F)cc3)ccc2OC)cc1. The quantitative estimate of drug-likeness (QED) is 0.549. The first-order valence-electron chi connectivity index (χ1n) is 9.65. The molecule has 6 nitrogen and oxygen atoms in total. The van der Waals surface area contributed by atoms with Crippen molar-refractivity contribution in [2.75, 3.05) is 11.8 Å². The van der Waals surface area contributed by atoms with E-state index in [1.54, 1.807) is 24.3 Å². The number of ether oxygens (including phenoxy) is 1. The van der Waals surface area contributed by atoms with Gasteiger partial charge in [-0.05, 0) is 60.0 Å². The van der Waals surface area contributed by atoms with Crippen molar-refractivity contribution in [1.82, 2.24) is 5.32 Å². The maximum atomic E-state index is 13.0. The van der Waals surface area contributed by atoms with E-state index < -0.39 is 15.9 Å². The Hall–Kier alpha value is -3.39. The molecule has 162 valence electrons. The second-order valence-corrected chi connectivity index (χ2v) is 8.48. The van der Waals surface area contributed by atoms with Gasteiger partial charge in [0, 0.05) is 17.8 Å². The van der Waals surface area contributed by atoms with E-state index in [1.807, 2.05) is 19.1 Å². The van der Waals surface area contributed by atoms with Gasteiger partial charge in [0.25, 0.3) is 15.9 Å². The van der Waals surface area contributed by atoms with Crippen molar-refractivity contribution >= 4 is 21.6 Å². The summed E-state index contributed by atoms with van der Waals surface area (Å²) in [5, 5.41) is 2.70. The van der Waals surface area contributed by atoms with Crippen molar-refractivity contribution < 1.29 is 22.3 Å². The van der Waals surface area contributed by atoms with Crippen LogP contribution in [-0.2, 0) is 23.0 Å². The van der Waals surface area contributed by atoms with Gasteiger partial charge in [0.15, 0.2) is 0 Å². The van der Waals surface area contributed by atoms with Crippen LogP contribution in [0, 0.1) is 5.82 Å². The van der Waals surface area contributed by atoms with Crippen molar-refractivity contribution in [3.05, 3.63) is 89.2 Å². The van der Waals surface area contributed by atoms with Gasteiger partial charge in [0.1, 0.15) is 16.5 Å². The Balaban J connectivity index is 1.81. The topological polar surface area (TPSA) is 84.5 Å². The lowest BCUT2D eigenvalue weighted by atomic mass is 10.2. The standard InChI is InChI=1S/C23H23FN2O4S/c1-3-16-6-11-20(12-7-16)26-31(28,29)22-14-18(8-13-21(22)30-2)23(27)25-15-17-4-9-19(24)10-5-17/h4-14,26H,3,15H2,1-2H3,(H,25,27). The molecule has 0 aliphatic heterocycles. The molecule has 0 bridgehead atoms. The van der Waals surface area contributed by atoms with Crippen molar-refractivity contribution in [2.24, 2.45) is 0 Å². The van der Waals surface area contributed by atoms with Crippen LogP contribution in [0.1, 0.15) is 28.4 Å². The average Bonchev–Trinajstić information content (AvgIpc) is 2.78. The Labute approximate surface area is 181 Å². The maximum absolute atomic E-state index is 13.0. The molecule has 1 amide bonds. The van der Waals surface area contributed by atoms with Gasteiger partial charge in [-0.2, -0.15) is 0 Å². The highest BCUT2D eigenvalue weighted by Gasteiger charge is 2.22. The van der Waals surface area contributed by atoms with Crippen molar-refractivity contribution in [3.8, 4) is 5.75 Å². The second-order valence-electron chi connectivity index (χ2n) is 6.83. The summed E-state index contributed by atoms with van der Waals surface area (Å²) in [7, 11) is -2.64. The van der Waals surface area contributed by atoms with E-state index in [-0.39, 0.29) is 28.6 Å². The zero-order valence-electron chi connectivity index (χ0n) is 17.2. The number of carbonyl (C=O) groups is 1. The van der Waals surface area contributed by atoms with Gasteiger partial charge in [0.05, 0.1) is 7.11 Å². The molecule has 31 heavy (non-hydrogen) atoms. The third kappa shape index (κ3) is 5.61. The fourth-order valence-corrected chi connectivity index (χ4v) is 4.19. The van der Waals surface area contributed by atoms with Gasteiger partial charge in [-0.3, -0.25) is 9.52 Å². The van der Waals surface area contributed by atoms with Crippen LogP contribution >= 0.6 is 0 Å². The van der Waals surface area contributed by atoms with E-state index in [4.69, 9.17) is 4.74 Å². The first-order chi connectivity index (χ1) is 14.8. The molecule has 0 heterocycles. The number of anilines is 1. The normalized spacial score (nSPS) is 11.1. The number of hydrogen-bond donors (Lipinski definition) is 2. The highest BCUT2D eigenvalue weighted by Crippen LogP contribution is 2.27. The highest BCUT2D eigenvalue weighted by molar-refractivity contribution is 7.92. The summed E-state index contributed by atoms with van der Waals surface area (Å²) in [6, 6.07) is 17.0. The zero-order chi connectivity index (χ0) is 22.4. The smallest absolute Gasteiger partial charge is 0.265 e. The van der Waals surface area contributed by atoms with Crippen LogP contribution in [0.25, 0.3) is 0 Å². The Kier molecular flexibility index (Phi) is 6.91. The van der Waals surface area contributed by atoms with Gasteiger partial charge in [-0.15, -0.1) is 0 Å². The van der Waals surface area contributed by atoms with E-state index in [0.717, 1.165) is 12.0 Å². The molecular weight excluding hydrogens is 419 g/mol. The summed E-state index contributed by atoms with van der Waals surface area (Å²) in [6.07, 6.45) is 0.843. The minimum Gasteiger partial charge on any atom is -0.495 e. The minimum atomic E-state index is -4.00. The third-order valence-corrected chi connectivity index (χ3v) is 6.10. The number of nitrogens with one attached hydrogen (secondary N) is 2. The monoisotopic (exact) mass is 442 g/mol. The molecular formula is C23H23FN2O4S. The average molecular weight is 443 g/mol. The lowest BCUT2D eigenvalue weighted by Crippen LogP contribution is -2.23. The number of methoxy groups -OCH3 is 1. The molecule has 0 unspecified atom stereocenters. The molecule has 3 aromatic rings. The van der Waals surface area contributed by atoms with Crippen LogP contribution in [0.5, 0.6) is 5.75 Å². The molecule has 3 rings (SSSR count). The molecule has 0 saturated carbocycles. The Morgan fingerprint density at radius 1 is 0.968 bits per heavy atom. The predicted molar refractivity (Wildman–Crippen MR) is 117 cm³/mol. The Morgan fingerprint density at radius 3 is 2.23 bits per heavy atom. The second kappa shape index (κ2) is 9.61. The van der Waals surface area contributed by atoms with Crippen LogP contribution in [0.4, 0.5) is 10.1 Å². The molecule has 0 spiro atoms. The van der Waals surface area contributed by atoms with Gasteiger partial charge >= 0.3 is 0 Å². The van der Waals surface area contributed by atoms with Gasteiger partial charge < -0.3 is 10.1 Å². The minimum absolute atomic E-state index is 0.118. The molecule has 0 aliphatic carbocycles. The van der Waals surface area contributed by atoms with E-state index in [0.29, 0.717) is 11.3 Å². The summed E-state index contributed by atoms with van der Waals surface area (Å²) in [4.78, 5) is 12.4. The van der Waals surface area contributed by atoms with Gasteiger partial charge in [-0.25, -0.2) is 12.8 Å². The van der Waals surface area contributed by atoms with Crippen LogP contribution in [0.3, 0.4) is 0 Å². The predicted octanol–water partition coefficient (Wildman–Crippen LogP) is 4.13. The van der Waals surface area contributed by atoms with Crippen LogP contribution in [-0.4, -0.2) is 21.4 Å². The molecule has 8 heteroatoms. The summed E-state index contributed by atoms with van der Waals surface area (Å²) in [5.41, 5.74) is 2.36. The van der Waals surface area contributed by atoms with Crippen molar-refractivity contribution in [3.63, 3.8) is 0 Å². The lowest BCUT2D eigenvalue weighted by Gasteiger charge is -2.13. The molecule has 0 atom stereocenters. The third-order valence-electron chi connectivity index (χ3n) is 4.70. The number of rotatable bonds is 8. The lowest BCUT2D eigenvalue weighted by molar-refractivity contribution is 0.0950. The highest BCUT2D eigenvalue weighted by atomic mass is 32.2. The number of hydrogen-bond acceptors (Lipinski definition) is 4. The van der Waals surface area contributed by atoms with Crippen molar-refractivity contribution in [2.45, 2.75) is 24.8 Å². The fourth-order valence-electron chi connectivity index (χ4n) is 2.93. The molecule has 0 fully saturated rings. The van der Waals surface area contributed by atoms with E-state index in [1.165, 1.54) is 37.4 Å². The van der Waals surface area contributed by atoms with E-state index in [9.17, 15) is 17.6 Å². The number of sulfonamides is 1. The zero-order valence-corrected chi connectivity index (χ0v) is 18.0. The van der Waals surface area contributed by atoms with Crippen LogP contribution < -0.4 is 14.8 Å². The number of halogens is 1. The number of aryl methyl sites for hydroxylation is 1. The largest absolute Gasteiger partial charge is 0.495 e. The maximum Gasteiger partial charge on any atom is 0.265 e. The summed E-state index contributed by atoms with van der Waals surface area (Å²) in [5.74, 6) is -0.708. The van der Waals surface area contributed by atoms with Gasteiger partial charge in [-0.1, -0.05) is 31.2 Å². The molecule has 0 aliphatic rings. The molecule has 0 radical (unpaired) electrons. The molecule has 0 saturated heterocycles. The fraction of sp³-hybridized carbons (Fsp3) is 0.174. The van der Waals surface area contributed by atoms with Crippen LogP contribution in [0.2, 0.25) is 0 Å². The Bertz CT molecular complexity index is 1160. The first-order valence-corrected chi connectivity index (χ1v) is 11.1. The van der Waals surface area contributed by atoms with Crippen LogP contribution in [0.15, 0.2) is 71.6 Å².